The minimum absolute atomic E-state index is 0. The van der Waals surface area contributed by atoms with Crippen molar-refractivity contribution in [2.75, 3.05) is 0 Å². The van der Waals surface area contributed by atoms with Crippen LogP contribution < -0.4 is 0 Å². The van der Waals surface area contributed by atoms with E-state index >= 15 is 0 Å². The summed E-state index contributed by atoms with van der Waals surface area (Å²) >= 11 is 0. The molecule has 0 N–H and O–H groups in total. The molecule has 0 spiro atoms. The van der Waals surface area contributed by atoms with E-state index in [9.17, 15) is 0 Å². The van der Waals surface area contributed by atoms with Crippen LogP contribution in [0, 0.1) is 14.9 Å². The van der Waals surface area contributed by atoms with Gasteiger partial charge in [0.1, 0.15) is 0 Å². The molecule has 0 aliphatic rings. The van der Waals surface area contributed by atoms with Gasteiger partial charge in [-0.2, -0.15) is 0 Å². The number of hydrogen-bond acceptors (Lipinski definition) is 0. The molecule has 2 atom stereocenters. The average Bonchev–Trinajstić information content (AvgIpc) is 1.85. The van der Waals surface area contributed by atoms with E-state index in [1.807, 2.05) is 6.92 Å². The van der Waals surface area contributed by atoms with Gasteiger partial charge in [0.2, 0.25) is 0 Å². The maximum Gasteiger partial charge on any atom is 0 e. The molecule has 0 bridgehead atoms. The van der Waals surface area contributed by atoms with Gasteiger partial charge in [0, 0.05) is 32.7 Å². The Morgan fingerprint density at radius 1 is 0.929 bits per heavy atom. The van der Waals surface area contributed by atoms with Crippen LogP contribution in [0.1, 0.15) is 41.0 Å². The topological polar surface area (TPSA) is 28.2 Å². The zero-order valence-electron chi connectivity index (χ0n) is 10.9. The largest absolute Gasteiger partial charge is 0.676 e. The van der Waals surface area contributed by atoms with Gasteiger partial charge in [-0.1, -0.05) is 34.1 Å². The van der Waals surface area contributed by atoms with Crippen LogP contribution in [0.25, 0.3) is 10.6 Å². The van der Waals surface area contributed by atoms with Crippen molar-refractivity contribution in [1.29, 1.82) is 0 Å². The molecule has 0 aromatic rings. The molecule has 87 valence electrons. The Kier molecular flexibility index (Phi) is 24.4. The van der Waals surface area contributed by atoms with Crippen molar-refractivity contribution >= 4 is 0 Å². The Balaban J connectivity index is -0.000000167. The molecule has 0 rings (SSSR count). The van der Waals surface area contributed by atoms with Crippen molar-refractivity contribution in [1.82, 2.24) is 0 Å². The monoisotopic (exact) mass is 275 g/mol. The standard InChI is InChI=1S/C9H20N2.2CH3.Y/c1-6-8(4)11-9(5)10-7(2)3;;;/h7-9H,6H2,1-5H3;2*1H3;/q-2;2*-1;. The number of nitrogens with zero attached hydrogens (tertiary/aromatic N) is 2. The van der Waals surface area contributed by atoms with Gasteiger partial charge in [-0.15, -0.1) is 19.0 Å². The smallest absolute Gasteiger partial charge is 0 e. The fraction of sp³-hybridized carbons (Fsp3) is 0.818. The van der Waals surface area contributed by atoms with Gasteiger partial charge in [0.15, 0.2) is 0 Å². The van der Waals surface area contributed by atoms with Crippen LogP contribution in [-0.4, -0.2) is 18.2 Å². The van der Waals surface area contributed by atoms with Crippen LogP contribution in [0.3, 0.4) is 0 Å². The molecule has 1 radical (unpaired) electrons. The summed E-state index contributed by atoms with van der Waals surface area (Å²) in [6, 6.07) is 0.852. The van der Waals surface area contributed by atoms with Crippen LogP contribution >= 0.6 is 0 Å². The van der Waals surface area contributed by atoms with Crippen LogP contribution in [0.4, 0.5) is 0 Å². The van der Waals surface area contributed by atoms with E-state index in [1.165, 1.54) is 0 Å². The van der Waals surface area contributed by atoms with E-state index in [-0.39, 0.29) is 53.7 Å². The van der Waals surface area contributed by atoms with Crippen LogP contribution in [0.2, 0.25) is 0 Å². The van der Waals surface area contributed by atoms with Gasteiger partial charge in [0.05, 0.1) is 0 Å². The molecule has 0 aliphatic heterocycles. The molecule has 2 unspecified atom stereocenters. The summed E-state index contributed by atoms with van der Waals surface area (Å²) in [5.41, 5.74) is 0. The Labute approximate surface area is 117 Å². The zero-order valence-corrected chi connectivity index (χ0v) is 13.7. The third kappa shape index (κ3) is 15.5. The summed E-state index contributed by atoms with van der Waals surface area (Å²) in [5.74, 6) is 0. The van der Waals surface area contributed by atoms with E-state index in [0.717, 1.165) is 6.42 Å². The second kappa shape index (κ2) is 14.0. The second-order valence-corrected chi connectivity index (χ2v) is 3.28. The van der Waals surface area contributed by atoms with Crippen LogP contribution in [-0.2, 0) is 32.7 Å². The first-order valence-corrected chi connectivity index (χ1v) is 4.46. The number of rotatable bonds is 5. The summed E-state index contributed by atoms with van der Waals surface area (Å²) in [7, 11) is 0. The van der Waals surface area contributed by atoms with Gasteiger partial charge >= 0.3 is 0 Å². The van der Waals surface area contributed by atoms with Crippen molar-refractivity contribution in [2.24, 2.45) is 0 Å². The Morgan fingerprint density at radius 2 is 1.36 bits per heavy atom. The van der Waals surface area contributed by atoms with Crippen molar-refractivity contribution < 1.29 is 32.7 Å². The van der Waals surface area contributed by atoms with Crippen LogP contribution in [0.15, 0.2) is 0 Å². The van der Waals surface area contributed by atoms with Gasteiger partial charge < -0.3 is 25.5 Å². The van der Waals surface area contributed by atoms with Crippen molar-refractivity contribution in [3.05, 3.63) is 25.5 Å². The first-order valence-electron chi connectivity index (χ1n) is 4.46. The fourth-order valence-corrected chi connectivity index (χ4v) is 0.944. The fourth-order valence-electron chi connectivity index (χ4n) is 0.944. The molecular formula is C11H26N2Y-4. The molecule has 14 heavy (non-hydrogen) atoms. The van der Waals surface area contributed by atoms with Gasteiger partial charge in [-0.25, -0.2) is 6.17 Å². The Hall–Kier alpha value is 1.02. The molecule has 2 nitrogen and oxygen atoms in total. The first kappa shape index (κ1) is 24.3. The van der Waals surface area contributed by atoms with E-state index in [4.69, 9.17) is 0 Å². The maximum atomic E-state index is 4.47. The third-order valence-corrected chi connectivity index (χ3v) is 1.57. The van der Waals surface area contributed by atoms with Crippen molar-refractivity contribution in [2.45, 2.75) is 59.3 Å². The molecule has 0 aliphatic carbocycles. The summed E-state index contributed by atoms with van der Waals surface area (Å²) in [5, 5.41) is 8.87. The molecule has 0 saturated carbocycles. The molecule has 3 heteroatoms. The predicted molar refractivity (Wildman–Crippen MR) is 63.9 cm³/mol. The Bertz CT molecular complexity index is 97.3. The quantitative estimate of drug-likeness (QED) is 0.673. The summed E-state index contributed by atoms with van der Waals surface area (Å²) in [6.07, 6.45) is 1.28. The van der Waals surface area contributed by atoms with Crippen molar-refractivity contribution in [3.8, 4) is 0 Å². The van der Waals surface area contributed by atoms with Crippen LogP contribution in [0.5, 0.6) is 0 Å². The van der Waals surface area contributed by atoms with E-state index in [2.05, 4.69) is 38.3 Å². The molecule has 0 heterocycles. The normalized spacial score (nSPS) is 13.3. The average molecular weight is 275 g/mol. The molecule has 0 fully saturated rings. The first-order chi connectivity index (χ1) is 5.06. The van der Waals surface area contributed by atoms with Gasteiger partial charge in [0.25, 0.3) is 0 Å². The second-order valence-electron chi connectivity index (χ2n) is 3.28. The van der Waals surface area contributed by atoms with Gasteiger partial charge in [-0.05, 0) is 0 Å². The predicted octanol–water partition coefficient (Wildman–Crippen LogP) is 4.18. The maximum absolute atomic E-state index is 4.47. The summed E-state index contributed by atoms with van der Waals surface area (Å²) < 4.78 is 0. The summed E-state index contributed by atoms with van der Waals surface area (Å²) in [4.78, 5) is 0. The molecule has 0 aromatic heterocycles. The minimum atomic E-state index is 0. The van der Waals surface area contributed by atoms with E-state index in [1.54, 1.807) is 0 Å². The summed E-state index contributed by atoms with van der Waals surface area (Å²) in [6.45, 7) is 10.5. The minimum Gasteiger partial charge on any atom is -0.676 e. The SMILES string of the molecule is CCC(C)[N-]C(C)[N-]C(C)C.[CH3-].[CH3-].[Y]. The van der Waals surface area contributed by atoms with Gasteiger partial charge in [-0.3, -0.25) is 0 Å². The molecule has 0 saturated heterocycles. The number of hydrogen-bond donors (Lipinski definition) is 0. The zero-order chi connectivity index (χ0) is 8.85. The van der Waals surface area contributed by atoms with E-state index < -0.39 is 0 Å². The molecular weight excluding hydrogens is 249 g/mol. The molecule has 0 amide bonds. The third-order valence-electron chi connectivity index (χ3n) is 1.57. The van der Waals surface area contributed by atoms with Crippen molar-refractivity contribution in [3.63, 3.8) is 0 Å². The Morgan fingerprint density at radius 3 is 1.64 bits per heavy atom. The van der Waals surface area contributed by atoms with E-state index in [0.29, 0.717) is 12.1 Å². The molecule has 0 aromatic carbocycles.